The first kappa shape index (κ1) is 15.3. The van der Waals surface area contributed by atoms with Crippen LogP contribution in [0.5, 0.6) is 11.6 Å². The molecule has 0 radical (unpaired) electrons. The van der Waals surface area contributed by atoms with Crippen LogP contribution in [0.3, 0.4) is 0 Å². The maximum Gasteiger partial charge on any atom is 0.328 e. The summed E-state index contributed by atoms with van der Waals surface area (Å²) in [6.07, 6.45) is 2.56. The summed E-state index contributed by atoms with van der Waals surface area (Å²) in [6, 6.07) is 5.64. The number of carboxylic acids is 1. The standard InChI is InChI=1S/C15H15BrN2O3/c1-9-8-11(4-6-13(9)16)21-15-12(5-7-14(19)20)10(2)17-18(15)3/h4-8H,1-3H3,(H,19,20)/b7-5+. The molecular formula is C15H15BrN2O3. The third kappa shape index (κ3) is 3.52. The fourth-order valence-electron chi connectivity index (χ4n) is 1.91. The van der Waals surface area contributed by atoms with Gasteiger partial charge in [0.1, 0.15) is 5.75 Å². The van der Waals surface area contributed by atoms with Gasteiger partial charge in [0.05, 0.1) is 11.3 Å². The molecule has 0 aliphatic rings. The average molecular weight is 351 g/mol. The van der Waals surface area contributed by atoms with E-state index in [1.54, 1.807) is 18.7 Å². The van der Waals surface area contributed by atoms with Crippen LogP contribution in [-0.2, 0) is 11.8 Å². The summed E-state index contributed by atoms with van der Waals surface area (Å²) < 4.78 is 8.46. The minimum absolute atomic E-state index is 0.506. The first-order valence-electron chi connectivity index (χ1n) is 6.27. The fraction of sp³-hybridized carbons (Fsp3) is 0.200. The van der Waals surface area contributed by atoms with Crippen molar-refractivity contribution in [2.45, 2.75) is 13.8 Å². The third-order valence-electron chi connectivity index (χ3n) is 2.95. The van der Waals surface area contributed by atoms with Gasteiger partial charge in [-0.25, -0.2) is 9.48 Å². The Morgan fingerprint density at radius 1 is 1.43 bits per heavy atom. The third-order valence-corrected chi connectivity index (χ3v) is 3.84. The van der Waals surface area contributed by atoms with Crippen molar-refractivity contribution in [1.29, 1.82) is 0 Å². The summed E-state index contributed by atoms with van der Waals surface area (Å²) in [4.78, 5) is 10.7. The molecule has 0 saturated heterocycles. The van der Waals surface area contributed by atoms with E-state index in [0.717, 1.165) is 16.1 Å². The van der Waals surface area contributed by atoms with Crippen LogP contribution < -0.4 is 4.74 Å². The zero-order valence-electron chi connectivity index (χ0n) is 11.9. The van der Waals surface area contributed by atoms with Gasteiger partial charge in [0.15, 0.2) is 0 Å². The van der Waals surface area contributed by atoms with E-state index in [-0.39, 0.29) is 0 Å². The number of hydrogen-bond donors (Lipinski definition) is 1. The second-order valence-corrected chi connectivity index (χ2v) is 5.47. The van der Waals surface area contributed by atoms with Gasteiger partial charge in [0.25, 0.3) is 0 Å². The van der Waals surface area contributed by atoms with Gasteiger partial charge in [-0.1, -0.05) is 15.9 Å². The Labute approximate surface area is 131 Å². The Morgan fingerprint density at radius 3 is 2.76 bits per heavy atom. The van der Waals surface area contributed by atoms with Gasteiger partial charge in [-0.3, -0.25) is 0 Å². The van der Waals surface area contributed by atoms with E-state index in [1.165, 1.54) is 6.08 Å². The molecule has 1 heterocycles. The van der Waals surface area contributed by atoms with Crippen molar-refractivity contribution in [2.24, 2.45) is 7.05 Å². The topological polar surface area (TPSA) is 64.3 Å². The SMILES string of the molecule is Cc1cc(Oc2c(/C=C/C(=O)O)c(C)nn2C)ccc1Br. The van der Waals surface area contributed by atoms with Crippen LogP contribution in [0, 0.1) is 13.8 Å². The summed E-state index contributed by atoms with van der Waals surface area (Å²) in [7, 11) is 1.76. The molecular weight excluding hydrogens is 336 g/mol. The lowest BCUT2D eigenvalue weighted by Gasteiger charge is -2.08. The van der Waals surface area contributed by atoms with Crippen molar-refractivity contribution < 1.29 is 14.6 Å². The van der Waals surface area contributed by atoms with Crippen molar-refractivity contribution in [2.75, 3.05) is 0 Å². The summed E-state index contributed by atoms with van der Waals surface area (Å²) >= 11 is 3.44. The zero-order valence-corrected chi connectivity index (χ0v) is 13.5. The summed E-state index contributed by atoms with van der Waals surface area (Å²) in [6.45, 7) is 3.78. The number of ether oxygens (including phenoxy) is 1. The Morgan fingerprint density at radius 2 is 2.14 bits per heavy atom. The molecule has 0 fully saturated rings. The molecule has 0 aliphatic carbocycles. The van der Waals surface area contributed by atoms with Gasteiger partial charge < -0.3 is 9.84 Å². The monoisotopic (exact) mass is 350 g/mol. The fourth-order valence-corrected chi connectivity index (χ4v) is 2.16. The van der Waals surface area contributed by atoms with Gasteiger partial charge in [0, 0.05) is 17.6 Å². The van der Waals surface area contributed by atoms with Crippen LogP contribution in [0.2, 0.25) is 0 Å². The highest BCUT2D eigenvalue weighted by Gasteiger charge is 2.14. The molecule has 2 aromatic rings. The van der Waals surface area contributed by atoms with Crippen molar-refractivity contribution in [3.63, 3.8) is 0 Å². The van der Waals surface area contributed by atoms with E-state index in [4.69, 9.17) is 9.84 Å². The normalized spacial score (nSPS) is 11.0. The molecule has 0 bridgehead atoms. The second-order valence-electron chi connectivity index (χ2n) is 4.61. The molecule has 1 N–H and O–H groups in total. The smallest absolute Gasteiger partial charge is 0.328 e. The first-order valence-corrected chi connectivity index (χ1v) is 7.06. The molecule has 21 heavy (non-hydrogen) atoms. The molecule has 0 aliphatic heterocycles. The molecule has 0 atom stereocenters. The zero-order chi connectivity index (χ0) is 15.6. The number of carboxylic acid groups (broad SMARTS) is 1. The van der Waals surface area contributed by atoms with Crippen LogP contribution in [-0.4, -0.2) is 20.9 Å². The highest BCUT2D eigenvalue weighted by Crippen LogP contribution is 2.30. The van der Waals surface area contributed by atoms with Gasteiger partial charge in [-0.2, -0.15) is 5.10 Å². The predicted octanol–water partition coefficient (Wildman–Crippen LogP) is 3.69. The van der Waals surface area contributed by atoms with Gasteiger partial charge in [-0.15, -0.1) is 0 Å². The largest absolute Gasteiger partial charge is 0.478 e. The summed E-state index contributed by atoms with van der Waals surface area (Å²) in [5.41, 5.74) is 2.41. The van der Waals surface area contributed by atoms with E-state index in [1.807, 2.05) is 25.1 Å². The molecule has 0 unspecified atom stereocenters. The van der Waals surface area contributed by atoms with Crippen LogP contribution in [0.25, 0.3) is 6.08 Å². The number of benzene rings is 1. The second kappa shape index (κ2) is 6.13. The minimum Gasteiger partial charge on any atom is -0.478 e. The molecule has 5 nitrogen and oxygen atoms in total. The predicted molar refractivity (Wildman–Crippen MR) is 83.6 cm³/mol. The van der Waals surface area contributed by atoms with E-state index in [9.17, 15) is 4.79 Å². The minimum atomic E-state index is -1.01. The number of hydrogen-bond acceptors (Lipinski definition) is 3. The van der Waals surface area contributed by atoms with Crippen LogP contribution >= 0.6 is 15.9 Å². The van der Waals surface area contributed by atoms with E-state index < -0.39 is 5.97 Å². The molecule has 0 spiro atoms. The Kier molecular flexibility index (Phi) is 4.47. The summed E-state index contributed by atoms with van der Waals surface area (Å²) in [5.74, 6) is 0.166. The Balaban J connectivity index is 2.39. The van der Waals surface area contributed by atoms with Crippen molar-refractivity contribution in [3.8, 4) is 11.6 Å². The van der Waals surface area contributed by atoms with Gasteiger partial charge in [-0.05, 0) is 43.7 Å². The van der Waals surface area contributed by atoms with Gasteiger partial charge in [0.2, 0.25) is 5.88 Å². The van der Waals surface area contributed by atoms with Crippen LogP contribution in [0.4, 0.5) is 0 Å². The number of rotatable bonds is 4. The molecule has 2 rings (SSSR count). The molecule has 0 amide bonds. The van der Waals surface area contributed by atoms with Crippen molar-refractivity contribution in [1.82, 2.24) is 9.78 Å². The number of aliphatic carboxylic acids is 1. The summed E-state index contributed by atoms with van der Waals surface area (Å²) in [5, 5.41) is 13.0. The number of carbonyl (C=O) groups is 1. The molecule has 110 valence electrons. The van der Waals surface area contributed by atoms with E-state index in [2.05, 4.69) is 21.0 Å². The average Bonchev–Trinajstić information content (AvgIpc) is 2.66. The first-order chi connectivity index (χ1) is 9.88. The van der Waals surface area contributed by atoms with E-state index in [0.29, 0.717) is 22.9 Å². The van der Waals surface area contributed by atoms with Crippen molar-refractivity contribution in [3.05, 3.63) is 45.6 Å². The van der Waals surface area contributed by atoms with Crippen LogP contribution in [0.1, 0.15) is 16.8 Å². The lowest BCUT2D eigenvalue weighted by molar-refractivity contribution is -0.131. The number of halogens is 1. The van der Waals surface area contributed by atoms with Crippen molar-refractivity contribution >= 4 is 28.0 Å². The maximum atomic E-state index is 10.7. The Hall–Kier alpha value is -2.08. The number of aryl methyl sites for hydroxylation is 3. The number of nitrogens with zero attached hydrogens (tertiary/aromatic N) is 2. The quantitative estimate of drug-likeness (QED) is 0.854. The molecule has 1 aromatic heterocycles. The molecule has 0 saturated carbocycles. The van der Waals surface area contributed by atoms with Crippen LogP contribution in [0.15, 0.2) is 28.7 Å². The molecule has 1 aromatic carbocycles. The maximum absolute atomic E-state index is 10.7. The van der Waals surface area contributed by atoms with Gasteiger partial charge >= 0.3 is 5.97 Å². The highest BCUT2D eigenvalue weighted by molar-refractivity contribution is 9.10. The lowest BCUT2D eigenvalue weighted by atomic mass is 10.2. The Bertz CT molecular complexity index is 720. The van der Waals surface area contributed by atoms with E-state index >= 15 is 0 Å². The lowest BCUT2D eigenvalue weighted by Crippen LogP contribution is -1.96. The molecule has 6 heteroatoms. The number of aromatic nitrogens is 2. The highest BCUT2D eigenvalue weighted by atomic mass is 79.9.